The van der Waals surface area contributed by atoms with E-state index in [1.807, 2.05) is 0 Å². The lowest BCUT2D eigenvalue weighted by Gasteiger charge is -2.40. The number of oxazole rings is 1. The van der Waals surface area contributed by atoms with Crippen molar-refractivity contribution in [3.8, 4) is 28.5 Å². The number of hydrogen-bond donors (Lipinski definition) is 2. The molecule has 1 aliphatic heterocycles. The number of alkyl halides is 3. The first-order valence-corrected chi connectivity index (χ1v) is 14.8. The number of aryl methyl sites for hydroxylation is 1. The van der Waals surface area contributed by atoms with Gasteiger partial charge in [-0.3, -0.25) is 0 Å². The van der Waals surface area contributed by atoms with Crippen molar-refractivity contribution < 1.29 is 26.8 Å². The summed E-state index contributed by atoms with van der Waals surface area (Å²) in [5.41, 5.74) is 2.78. The van der Waals surface area contributed by atoms with Crippen LogP contribution in [-0.2, 0) is 0 Å². The number of halogens is 3. The third-order valence-electron chi connectivity index (χ3n) is 8.85. The number of ether oxygens (including phenoxy) is 1. The van der Waals surface area contributed by atoms with E-state index in [4.69, 9.17) is 8.94 Å². The summed E-state index contributed by atoms with van der Waals surface area (Å²) in [6.07, 6.45) is 3.57. The first kappa shape index (κ1) is 27.8. The lowest BCUT2D eigenvalue weighted by atomic mass is 9.89. The van der Waals surface area contributed by atoms with E-state index in [1.54, 1.807) is 13.1 Å². The summed E-state index contributed by atoms with van der Waals surface area (Å²) in [6.45, 7) is 2.86. The van der Waals surface area contributed by atoms with Gasteiger partial charge in [-0.1, -0.05) is 18.0 Å². The number of piperidine rings is 1. The molecule has 0 amide bonds. The van der Waals surface area contributed by atoms with Gasteiger partial charge in [0.15, 0.2) is 5.76 Å². The van der Waals surface area contributed by atoms with Crippen molar-refractivity contribution in [3.05, 3.63) is 60.6 Å². The van der Waals surface area contributed by atoms with E-state index in [1.165, 1.54) is 49.2 Å². The zero-order chi connectivity index (χ0) is 29.6. The Bertz CT molecular complexity index is 1540. The molecule has 2 saturated carbocycles. The summed E-state index contributed by atoms with van der Waals surface area (Å²) in [5.74, 6) is 2.02. The Balaban J connectivity index is 0.991. The van der Waals surface area contributed by atoms with Crippen molar-refractivity contribution in [2.24, 2.45) is 5.92 Å². The van der Waals surface area contributed by atoms with Crippen LogP contribution in [0.3, 0.4) is 0 Å². The van der Waals surface area contributed by atoms with E-state index < -0.39 is 6.36 Å². The minimum atomic E-state index is -4.73. The van der Waals surface area contributed by atoms with Crippen molar-refractivity contribution in [1.82, 2.24) is 20.4 Å². The Morgan fingerprint density at radius 2 is 1.67 bits per heavy atom. The summed E-state index contributed by atoms with van der Waals surface area (Å²) in [6, 6.07) is 15.7. The SMILES string of the molecule is Cc1nc(-c2ccc(N3C[C@@H]4C[C@H](N[C@@H]5CCCC[C@H]5Nc5ncc(-c6ccc(OC(F)(F)F)cc6)o5)[C@H]3C4)cc2)no1. The maximum absolute atomic E-state index is 12.5. The Kier molecular flexibility index (Phi) is 7.24. The molecule has 3 heterocycles. The quantitative estimate of drug-likeness (QED) is 0.234. The van der Waals surface area contributed by atoms with Crippen molar-refractivity contribution in [2.45, 2.75) is 76.0 Å². The minimum Gasteiger partial charge on any atom is -0.424 e. The summed E-state index contributed by atoms with van der Waals surface area (Å²) >= 11 is 0. The van der Waals surface area contributed by atoms with Crippen LogP contribution in [0.4, 0.5) is 24.9 Å². The van der Waals surface area contributed by atoms with Gasteiger partial charge in [-0.05, 0) is 80.1 Å². The highest BCUT2D eigenvalue weighted by Crippen LogP contribution is 2.41. The standard InChI is InChI=1S/C31H33F3N6O3/c1-18-36-29(39-43-18)21-6-10-22(11-7-21)40-17-19-14-26(27(40)15-19)37-24-4-2-3-5-25(24)38-30-35-16-28(41-30)20-8-12-23(13-9-20)42-31(32,33)34/h6-13,16,19,24-27,37H,2-5,14-15,17H2,1H3,(H,35,38)/t19-,24-,25-,26+,27-/m1/s1. The van der Waals surface area contributed by atoms with Crippen LogP contribution >= 0.6 is 0 Å². The van der Waals surface area contributed by atoms with E-state index in [-0.39, 0.29) is 17.8 Å². The highest BCUT2D eigenvalue weighted by molar-refractivity contribution is 5.61. The minimum absolute atomic E-state index is 0.160. The number of rotatable bonds is 8. The highest BCUT2D eigenvalue weighted by Gasteiger charge is 2.46. The molecule has 0 radical (unpaired) electrons. The lowest BCUT2D eigenvalue weighted by Crippen LogP contribution is -2.56. The fourth-order valence-corrected chi connectivity index (χ4v) is 6.95. The van der Waals surface area contributed by atoms with Gasteiger partial charge in [-0.15, -0.1) is 13.2 Å². The Labute approximate surface area is 246 Å². The predicted octanol–water partition coefficient (Wildman–Crippen LogP) is 6.58. The fraction of sp³-hybridized carbons (Fsp3) is 0.452. The molecule has 4 aromatic rings. The number of benzene rings is 2. The summed E-state index contributed by atoms with van der Waals surface area (Å²) < 4.78 is 52.5. The molecule has 2 N–H and O–H groups in total. The molecule has 43 heavy (non-hydrogen) atoms. The van der Waals surface area contributed by atoms with E-state index >= 15 is 0 Å². The first-order valence-electron chi connectivity index (χ1n) is 14.8. The average Bonchev–Trinajstić information content (AvgIpc) is 3.79. The summed E-state index contributed by atoms with van der Waals surface area (Å²) in [5, 5.41) is 11.5. The second-order valence-corrected chi connectivity index (χ2v) is 11.8. The molecule has 1 saturated heterocycles. The van der Waals surface area contributed by atoms with Crippen LogP contribution in [0.1, 0.15) is 44.4 Å². The third-order valence-corrected chi connectivity index (χ3v) is 8.85. The second kappa shape index (κ2) is 11.2. The van der Waals surface area contributed by atoms with Crippen molar-refractivity contribution in [3.63, 3.8) is 0 Å². The maximum Gasteiger partial charge on any atom is 0.573 e. The molecule has 9 nitrogen and oxygen atoms in total. The first-order chi connectivity index (χ1) is 20.8. The molecule has 3 fully saturated rings. The number of nitrogens with one attached hydrogen (secondary N) is 2. The fourth-order valence-electron chi connectivity index (χ4n) is 6.95. The van der Waals surface area contributed by atoms with Gasteiger partial charge >= 0.3 is 6.36 Å². The van der Waals surface area contributed by atoms with Crippen LogP contribution in [0, 0.1) is 12.8 Å². The molecule has 2 aromatic heterocycles. The third kappa shape index (κ3) is 6.06. The Hall–Kier alpha value is -4.06. The van der Waals surface area contributed by atoms with Crippen LogP contribution in [0.25, 0.3) is 22.7 Å². The zero-order valence-corrected chi connectivity index (χ0v) is 23.7. The van der Waals surface area contributed by atoms with Gasteiger partial charge in [0.1, 0.15) is 5.75 Å². The molecule has 0 unspecified atom stereocenters. The number of nitrogens with zero attached hydrogens (tertiary/aromatic N) is 4. The number of aromatic nitrogens is 3. The monoisotopic (exact) mass is 594 g/mol. The van der Waals surface area contributed by atoms with Gasteiger partial charge in [-0.25, -0.2) is 4.98 Å². The van der Waals surface area contributed by atoms with Gasteiger partial charge in [0.25, 0.3) is 6.01 Å². The lowest BCUT2D eigenvalue weighted by molar-refractivity contribution is -0.274. The number of anilines is 2. The molecule has 2 aromatic carbocycles. The van der Waals surface area contributed by atoms with Crippen LogP contribution in [0.15, 0.2) is 63.7 Å². The average molecular weight is 595 g/mol. The number of hydrogen-bond acceptors (Lipinski definition) is 9. The topological polar surface area (TPSA) is 101 Å². The normalized spacial score (nSPS) is 25.3. The van der Waals surface area contributed by atoms with E-state index in [0.717, 1.165) is 31.4 Å². The Morgan fingerprint density at radius 3 is 2.37 bits per heavy atom. The molecule has 5 atom stereocenters. The number of fused-ring (bicyclic) bond motifs is 2. The van der Waals surface area contributed by atoms with Gasteiger partial charge in [0.05, 0.1) is 6.20 Å². The van der Waals surface area contributed by atoms with Crippen LogP contribution in [-0.4, -0.2) is 52.2 Å². The van der Waals surface area contributed by atoms with Gasteiger partial charge < -0.3 is 29.2 Å². The van der Waals surface area contributed by atoms with Crippen LogP contribution in [0.2, 0.25) is 0 Å². The zero-order valence-electron chi connectivity index (χ0n) is 23.7. The van der Waals surface area contributed by atoms with Gasteiger partial charge in [-0.2, -0.15) is 4.98 Å². The molecule has 0 spiro atoms. The van der Waals surface area contributed by atoms with Crippen molar-refractivity contribution in [1.29, 1.82) is 0 Å². The van der Waals surface area contributed by atoms with Gasteiger partial charge in [0.2, 0.25) is 11.7 Å². The van der Waals surface area contributed by atoms with E-state index in [2.05, 4.69) is 59.7 Å². The predicted molar refractivity (Wildman–Crippen MR) is 154 cm³/mol. The largest absolute Gasteiger partial charge is 0.573 e. The molecular weight excluding hydrogens is 561 g/mol. The summed E-state index contributed by atoms with van der Waals surface area (Å²) in [4.78, 5) is 11.3. The molecular formula is C31H33F3N6O3. The highest BCUT2D eigenvalue weighted by atomic mass is 19.4. The van der Waals surface area contributed by atoms with Gasteiger partial charge in [0, 0.05) is 54.5 Å². The maximum atomic E-state index is 12.5. The second-order valence-electron chi connectivity index (χ2n) is 11.8. The molecule has 2 bridgehead atoms. The van der Waals surface area contributed by atoms with E-state index in [0.29, 0.717) is 47.1 Å². The van der Waals surface area contributed by atoms with Crippen molar-refractivity contribution >= 4 is 11.7 Å². The molecule has 3 aliphatic rings. The molecule has 226 valence electrons. The molecule has 12 heteroatoms. The molecule has 7 rings (SSSR count). The molecule has 2 aliphatic carbocycles. The smallest absolute Gasteiger partial charge is 0.424 e. The van der Waals surface area contributed by atoms with Crippen LogP contribution < -0.4 is 20.3 Å². The van der Waals surface area contributed by atoms with Crippen molar-refractivity contribution in [2.75, 3.05) is 16.8 Å². The summed E-state index contributed by atoms with van der Waals surface area (Å²) in [7, 11) is 0. The van der Waals surface area contributed by atoms with E-state index in [9.17, 15) is 13.2 Å². The Morgan fingerprint density at radius 1 is 0.930 bits per heavy atom. The van der Waals surface area contributed by atoms with Crippen LogP contribution in [0.5, 0.6) is 5.75 Å².